The van der Waals surface area contributed by atoms with Crippen LogP contribution in [0, 0.1) is 22.7 Å². The highest BCUT2D eigenvalue weighted by molar-refractivity contribution is 5.52. The van der Waals surface area contributed by atoms with Crippen molar-refractivity contribution in [2.75, 3.05) is 0 Å². The number of ether oxygens (including phenoxy) is 1. The Hall–Kier alpha value is -2.52. The summed E-state index contributed by atoms with van der Waals surface area (Å²) < 4.78 is 5.46. The van der Waals surface area contributed by atoms with Crippen molar-refractivity contribution in [2.45, 2.75) is 19.8 Å². The normalized spacial score (nSPS) is 16.0. The summed E-state index contributed by atoms with van der Waals surface area (Å²) in [5.41, 5.74) is 1.94. The van der Waals surface area contributed by atoms with Gasteiger partial charge in [0.15, 0.2) is 0 Å². The van der Waals surface area contributed by atoms with Gasteiger partial charge in [-0.3, -0.25) is 0 Å². The quantitative estimate of drug-likeness (QED) is 0.750. The van der Waals surface area contributed by atoms with Crippen LogP contribution in [0.5, 0.6) is 0 Å². The molecule has 88 valence electrons. The molecule has 3 nitrogen and oxygen atoms in total. The molecule has 1 aliphatic rings. The summed E-state index contributed by atoms with van der Waals surface area (Å²) in [7, 11) is 0. The fourth-order valence-corrected chi connectivity index (χ4v) is 2.16. The monoisotopic (exact) mass is 236 g/mol. The highest BCUT2D eigenvalue weighted by Crippen LogP contribution is 2.39. The van der Waals surface area contributed by atoms with Crippen LogP contribution >= 0.6 is 0 Å². The van der Waals surface area contributed by atoms with Crippen molar-refractivity contribution in [1.82, 2.24) is 0 Å². The van der Waals surface area contributed by atoms with Crippen molar-refractivity contribution in [3.05, 3.63) is 58.6 Å². The van der Waals surface area contributed by atoms with E-state index in [0.717, 1.165) is 5.56 Å². The van der Waals surface area contributed by atoms with Gasteiger partial charge >= 0.3 is 0 Å². The Balaban J connectivity index is 2.62. The average Bonchev–Trinajstić information content (AvgIpc) is 2.39. The first kappa shape index (κ1) is 12.0. The van der Waals surface area contributed by atoms with Gasteiger partial charge in [0.1, 0.15) is 11.5 Å². The lowest BCUT2D eigenvalue weighted by molar-refractivity contribution is 0.289. The number of nitrogens with zero attached hydrogens (tertiary/aromatic N) is 2. The molecule has 0 aliphatic carbocycles. The second-order valence-electron chi connectivity index (χ2n) is 4.11. The van der Waals surface area contributed by atoms with E-state index in [4.69, 9.17) is 4.74 Å². The van der Waals surface area contributed by atoms with Crippen LogP contribution in [-0.2, 0) is 4.74 Å². The molecule has 1 aromatic carbocycles. The maximum absolute atomic E-state index is 9.27. The van der Waals surface area contributed by atoms with E-state index in [1.54, 1.807) is 13.8 Å². The van der Waals surface area contributed by atoms with Gasteiger partial charge < -0.3 is 4.74 Å². The molecule has 0 fully saturated rings. The Bertz CT molecular complexity index is 576. The summed E-state index contributed by atoms with van der Waals surface area (Å²) in [6.45, 7) is 3.51. The summed E-state index contributed by atoms with van der Waals surface area (Å²) in [4.78, 5) is 0. The molecule has 0 bridgehead atoms. The topological polar surface area (TPSA) is 56.8 Å². The van der Waals surface area contributed by atoms with Crippen LogP contribution in [0.25, 0.3) is 0 Å². The van der Waals surface area contributed by atoms with Gasteiger partial charge in [0.2, 0.25) is 0 Å². The largest absolute Gasteiger partial charge is 0.465 e. The Kier molecular flexibility index (Phi) is 3.17. The van der Waals surface area contributed by atoms with E-state index in [2.05, 4.69) is 12.1 Å². The fraction of sp³-hybridized carbons (Fsp3) is 0.200. The minimum Gasteiger partial charge on any atom is -0.465 e. The van der Waals surface area contributed by atoms with Gasteiger partial charge in [-0.15, -0.1) is 0 Å². The van der Waals surface area contributed by atoms with Crippen molar-refractivity contribution in [3.63, 3.8) is 0 Å². The number of hydrogen-bond acceptors (Lipinski definition) is 3. The molecule has 1 heterocycles. The number of hydrogen-bond donors (Lipinski definition) is 0. The van der Waals surface area contributed by atoms with Gasteiger partial charge in [0.05, 0.1) is 29.2 Å². The molecule has 0 radical (unpaired) electrons. The van der Waals surface area contributed by atoms with Crippen LogP contribution in [0.1, 0.15) is 25.3 Å². The highest BCUT2D eigenvalue weighted by atomic mass is 16.5. The Labute approximate surface area is 106 Å². The predicted molar refractivity (Wildman–Crippen MR) is 66.9 cm³/mol. The number of benzene rings is 1. The van der Waals surface area contributed by atoms with Crippen LogP contribution in [0.4, 0.5) is 0 Å². The number of rotatable bonds is 1. The summed E-state index contributed by atoms with van der Waals surface area (Å²) in [5.74, 6) is 0.834. The van der Waals surface area contributed by atoms with E-state index in [-0.39, 0.29) is 5.92 Å². The van der Waals surface area contributed by atoms with Gasteiger partial charge in [-0.05, 0) is 19.4 Å². The second kappa shape index (κ2) is 4.77. The third-order valence-corrected chi connectivity index (χ3v) is 3.02. The zero-order chi connectivity index (χ0) is 13.1. The van der Waals surface area contributed by atoms with E-state index in [1.807, 2.05) is 30.3 Å². The van der Waals surface area contributed by atoms with E-state index >= 15 is 0 Å². The average molecular weight is 236 g/mol. The molecule has 1 aromatic rings. The van der Waals surface area contributed by atoms with Gasteiger partial charge in [0.25, 0.3) is 0 Å². The predicted octanol–water partition coefficient (Wildman–Crippen LogP) is 3.40. The third kappa shape index (κ3) is 1.87. The van der Waals surface area contributed by atoms with Gasteiger partial charge in [-0.25, -0.2) is 0 Å². The smallest absolute Gasteiger partial charge is 0.115 e. The number of nitriles is 2. The maximum atomic E-state index is 9.27. The molecule has 3 heteroatoms. The summed E-state index contributed by atoms with van der Waals surface area (Å²) >= 11 is 0. The van der Waals surface area contributed by atoms with Crippen molar-refractivity contribution < 1.29 is 4.74 Å². The minimum atomic E-state index is -0.310. The van der Waals surface area contributed by atoms with Gasteiger partial charge in [-0.2, -0.15) is 10.5 Å². The van der Waals surface area contributed by atoms with E-state index in [1.165, 1.54) is 0 Å². The van der Waals surface area contributed by atoms with E-state index < -0.39 is 0 Å². The molecule has 0 atom stereocenters. The van der Waals surface area contributed by atoms with Crippen molar-refractivity contribution in [2.24, 2.45) is 0 Å². The lowest BCUT2D eigenvalue weighted by Crippen LogP contribution is -2.14. The molecule has 0 spiro atoms. The molecule has 2 rings (SSSR count). The van der Waals surface area contributed by atoms with Crippen LogP contribution in [0.15, 0.2) is 53.0 Å². The van der Waals surface area contributed by atoms with Gasteiger partial charge in [-0.1, -0.05) is 30.3 Å². The first-order chi connectivity index (χ1) is 8.69. The Morgan fingerprint density at radius 1 is 0.944 bits per heavy atom. The summed E-state index contributed by atoms with van der Waals surface area (Å²) in [6.07, 6.45) is 0. The van der Waals surface area contributed by atoms with Crippen LogP contribution in [0.2, 0.25) is 0 Å². The number of allylic oxidation sites excluding steroid dienone is 4. The molecule has 0 saturated carbocycles. The lowest BCUT2D eigenvalue weighted by atomic mass is 9.83. The van der Waals surface area contributed by atoms with E-state index in [0.29, 0.717) is 22.7 Å². The molecule has 0 aromatic heterocycles. The molecule has 0 N–H and O–H groups in total. The second-order valence-corrected chi connectivity index (χ2v) is 4.11. The first-order valence-corrected chi connectivity index (χ1v) is 5.63. The lowest BCUT2D eigenvalue weighted by Gasteiger charge is -2.24. The molecule has 1 aliphatic heterocycles. The standard InChI is InChI=1S/C15H12N2O/c1-10-13(8-16)15(12-6-4-3-5-7-12)14(9-17)11(2)18-10/h3-7,15H,1-2H3. The highest BCUT2D eigenvalue weighted by Gasteiger charge is 2.30. The van der Waals surface area contributed by atoms with E-state index in [9.17, 15) is 10.5 Å². The molecule has 18 heavy (non-hydrogen) atoms. The Morgan fingerprint density at radius 2 is 1.44 bits per heavy atom. The summed E-state index contributed by atoms with van der Waals surface area (Å²) in [6, 6.07) is 13.9. The molecular weight excluding hydrogens is 224 g/mol. The van der Waals surface area contributed by atoms with Crippen LogP contribution in [0.3, 0.4) is 0 Å². The minimum absolute atomic E-state index is 0.310. The fourth-order valence-electron chi connectivity index (χ4n) is 2.16. The maximum Gasteiger partial charge on any atom is 0.115 e. The molecule has 0 unspecified atom stereocenters. The van der Waals surface area contributed by atoms with Gasteiger partial charge in [0, 0.05) is 0 Å². The third-order valence-electron chi connectivity index (χ3n) is 3.02. The van der Waals surface area contributed by atoms with Crippen LogP contribution in [-0.4, -0.2) is 0 Å². The van der Waals surface area contributed by atoms with Crippen molar-refractivity contribution in [1.29, 1.82) is 10.5 Å². The molecule has 0 saturated heterocycles. The first-order valence-electron chi connectivity index (χ1n) is 5.63. The summed E-state index contributed by atoms with van der Waals surface area (Å²) in [5, 5.41) is 18.5. The SMILES string of the molecule is CC1=C(C#N)C(c2ccccc2)C(C#N)=C(C)O1. The Morgan fingerprint density at radius 3 is 1.89 bits per heavy atom. The molecular formula is C15H12N2O. The van der Waals surface area contributed by atoms with Crippen molar-refractivity contribution in [3.8, 4) is 12.1 Å². The zero-order valence-corrected chi connectivity index (χ0v) is 10.3. The zero-order valence-electron chi connectivity index (χ0n) is 10.3. The molecule has 0 amide bonds. The van der Waals surface area contributed by atoms with Crippen LogP contribution < -0.4 is 0 Å². The van der Waals surface area contributed by atoms with Crippen molar-refractivity contribution >= 4 is 0 Å².